The van der Waals surface area contributed by atoms with E-state index in [1.807, 2.05) is 0 Å². The number of nitrogens with zero attached hydrogens (tertiary/aromatic N) is 3. The first-order valence-electron chi connectivity index (χ1n) is 6.21. The molecule has 0 radical (unpaired) electrons. The first-order valence-corrected chi connectivity index (χ1v) is 6.21. The Balaban J connectivity index is 2.18. The highest BCUT2D eigenvalue weighted by atomic mass is 19.1. The van der Waals surface area contributed by atoms with Crippen LogP contribution in [0.2, 0.25) is 0 Å². The van der Waals surface area contributed by atoms with Crippen molar-refractivity contribution in [2.45, 2.75) is 13.3 Å². The second kappa shape index (κ2) is 6.25. The second-order valence-corrected chi connectivity index (χ2v) is 4.24. The lowest BCUT2D eigenvalue weighted by molar-refractivity contribution is 0.0945. The fourth-order valence-corrected chi connectivity index (χ4v) is 1.73. The average molecular weight is 278 g/mol. The Morgan fingerprint density at radius 1 is 1.40 bits per heavy atom. The fraction of sp³-hybridized carbons (Fsp3) is 0.308. The van der Waals surface area contributed by atoms with Gasteiger partial charge in [0.25, 0.3) is 5.91 Å². The van der Waals surface area contributed by atoms with E-state index in [2.05, 4.69) is 15.6 Å². The minimum absolute atomic E-state index is 0.0154. The van der Waals surface area contributed by atoms with E-state index in [9.17, 15) is 9.18 Å². The summed E-state index contributed by atoms with van der Waals surface area (Å²) in [4.78, 5) is 11.9. The van der Waals surface area contributed by atoms with Crippen LogP contribution in [0, 0.1) is 12.7 Å². The number of aromatic nitrogens is 3. The van der Waals surface area contributed by atoms with Crippen LogP contribution < -0.4 is 5.32 Å². The monoisotopic (exact) mass is 278 g/mol. The molecule has 0 saturated heterocycles. The molecule has 6 nitrogen and oxygen atoms in total. The lowest BCUT2D eigenvalue weighted by atomic mass is 10.2. The Hall–Kier alpha value is -2.28. The van der Waals surface area contributed by atoms with E-state index in [1.54, 1.807) is 19.1 Å². The van der Waals surface area contributed by atoms with Crippen molar-refractivity contribution in [3.05, 3.63) is 41.5 Å². The predicted molar refractivity (Wildman–Crippen MR) is 70.1 cm³/mol. The van der Waals surface area contributed by atoms with Gasteiger partial charge in [0.15, 0.2) is 5.69 Å². The minimum Gasteiger partial charge on any atom is -0.396 e. The number of nitrogens with one attached hydrogen (secondary N) is 1. The Kier molecular flexibility index (Phi) is 4.41. The molecule has 0 aliphatic heterocycles. The second-order valence-electron chi connectivity index (χ2n) is 4.24. The molecule has 0 spiro atoms. The number of aliphatic hydroxyl groups excluding tert-OH is 1. The third-order valence-electron chi connectivity index (χ3n) is 2.80. The molecule has 7 heteroatoms. The molecule has 2 N–H and O–H groups in total. The predicted octanol–water partition coefficient (Wildman–Crippen LogP) is 0.827. The Labute approximate surface area is 115 Å². The van der Waals surface area contributed by atoms with Crippen LogP contribution in [0.1, 0.15) is 22.6 Å². The highest BCUT2D eigenvalue weighted by Gasteiger charge is 2.16. The van der Waals surface area contributed by atoms with Crippen LogP contribution in [-0.4, -0.2) is 39.2 Å². The van der Waals surface area contributed by atoms with E-state index in [0.29, 0.717) is 24.3 Å². The molecule has 0 saturated carbocycles. The van der Waals surface area contributed by atoms with Crippen molar-refractivity contribution in [2.75, 3.05) is 13.2 Å². The molecule has 0 unspecified atom stereocenters. The van der Waals surface area contributed by atoms with Crippen molar-refractivity contribution >= 4 is 5.91 Å². The van der Waals surface area contributed by atoms with Crippen molar-refractivity contribution in [3.8, 4) is 5.69 Å². The molecule has 1 amide bonds. The zero-order chi connectivity index (χ0) is 14.5. The first-order chi connectivity index (χ1) is 9.63. The molecule has 1 aromatic heterocycles. The first kappa shape index (κ1) is 14.1. The summed E-state index contributed by atoms with van der Waals surface area (Å²) in [7, 11) is 0. The number of carbonyl (C=O) groups excluding carboxylic acids is 1. The SMILES string of the molecule is Cc1c(C(=O)NCCCO)nnn1-c1ccc(F)cc1. The van der Waals surface area contributed by atoms with Gasteiger partial charge < -0.3 is 10.4 Å². The van der Waals surface area contributed by atoms with E-state index in [1.165, 1.54) is 16.8 Å². The van der Waals surface area contributed by atoms with E-state index < -0.39 is 0 Å². The standard InChI is InChI=1S/C13H15FN4O2/c1-9-12(13(20)15-7-2-8-19)16-17-18(9)11-5-3-10(14)4-6-11/h3-6,19H,2,7-8H2,1H3,(H,15,20). The van der Waals surface area contributed by atoms with Gasteiger partial charge in [-0.05, 0) is 37.6 Å². The van der Waals surface area contributed by atoms with Gasteiger partial charge in [-0.2, -0.15) is 0 Å². The van der Waals surface area contributed by atoms with Gasteiger partial charge in [-0.15, -0.1) is 5.10 Å². The summed E-state index contributed by atoms with van der Waals surface area (Å²) >= 11 is 0. The summed E-state index contributed by atoms with van der Waals surface area (Å²) in [5.74, 6) is -0.683. The van der Waals surface area contributed by atoms with E-state index in [0.717, 1.165) is 0 Å². The molecular weight excluding hydrogens is 263 g/mol. The van der Waals surface area contributed by atoms with Crippen LogP contribution in [0.5, 0.6) is 0 Å². The van der Waals surface area contributed by atoms with Gasteiger partial charge in [0.2, 0.25) is 0 Å². The largest absolute Gasteiger partial charge is 0.396 e. The van der Waals surface area contributed by atoms with Crippen LogP contribution in [-0.2, 0) is 0 Å². The quantitative estimate of drug-likeness (QED) is 0.794. The third kappa shape index (κ3) is 3.00. The minimum atomic E-state index is -0.343. The van der Waals surface area contributed by atoms with Crippen molar-refractivity contribution in [3.63, 3.8) is 0 Å². The number of amides is 1. The van der Waals surface area contributed by atoms with E-state index >= 15 is 0 Å². The van der Waals surface area contributed by atoms with Gasteiger partial charge in [-0.3, -0.25) is 4.79 Å². The summed E-state index contributed by atoms with van der Waals surface area (Å²) in [5.41, 5.74) is 1.41. The van der Waals surface area contributed by atoms with Crippen LogP contribution in [0.15, 0.2) is 24.3 Å². The summed E-state index contributed by atoms with van der Waals surface area (Å²) in [6.07, 6.45) is 0.483. The van der Waals surface area contributed by atoms with Crippen LogP contribution in [0.25, 0.3) is 5.69 Å². The summed E-state index contributed by atoms with van der Waals surface area (Å²) in [5, 5.41) is 19.0. The smallest absolute Gasteiger partial charge is 0.273 e. The molecule has 2 rings (SSSR count). The van der Waals surface area contributed by atoms with Gasteiger partial charge >= 0.3 is 0 Å². The molecular formula is C13H15FN4O2. The van der Waals surface area contributed by atoms with Gasteiger partial charge in [0.05, 0.1) is 11.4 Å². The van der Waals surface area contributed by atoms with Gasteiger partial charge in [0, 0.05) is 13.2 Å². The molecule has 1 heterocycles. The number of carbonyl (C=O) groups is 1. The molecule has 106 valence electrons. The number of halogens is 1. The summed E-state index contributed by atoms with van der Waals surface area (Å²) < 4.78 is 14.4. The maximum absolute atomic E-state index is 12.9. The number of benzene rings is 1. The fourth-order valence-electron chi connectivity index (χ4n) is 1.73. The molecule has 1 aromatic carbocycles. The van der Waals surface area contributed by atoms with Crippen molar-refractivity contribution in [1.29, 1.82) is 0 Å². The van der Waals surface area contributed by atoms with Gasteiger partial charge in [-0.1, -0.05) is 5.21 Å². The normalized spacial score (nSPS) is 10.6. The van der Waals surface area contributed by atoms with Crippen molar-refractivity contribution in [1.82, 2.24) is 20.3 Å². The van der Waals surface area contributed by atoms with Crippen LogP contribution >= 0.6 is 0 Å². The summed E-state index contributed by atoms with van der Waals surface area (Å²) in [6.45, 7) is 2.10. The van der Waals surface area contributed by atoms with Gasteiger partial charge in [0.1, 0.15) is 5.82 Å². The summed E-state index contributed by atoms with van der Waals surface area (Å²) in [6, 6.07) is 5.75. The Morgan fingerprint density at radius 3 is 2.75 bits per heavy atom. The van der Waals surface area contributed by atoms with E-state index in [4.69, 9.17) is 5.11 Å². The Morgan fingerprint density at radius 2 is 2.10 bits per heavy atom. The molecule has 0 aliphatic rings. The van der Waals surface area contributed by atoms with E-state index in [-0.39, 0.29) is 24.0 Å². The molecule has 2 aromatic rings. The lowest BCUT2D eigenvalue weighted by Gasteiger charge is -2.04. The number of aliphatic hydroxyl groups is 1. The zero-order valence-electron chi connectivity index (χ0n) is 11.0. The number of hydrogen-bond donors (Lipinski definition) is 2. The van der Waals surface area contributed by atoms with Crippen LogP contribution in [0.3, 0.4) is 0 Å². The maximum Gasteiger partial charge on any atom is 0.273 e. The highest BCUT2D eigenvalue weighted by molar-refractivity contribution is 5.93. The Bertz CT molecular complexity index is 595. The van der Waals surface area contributed by atoms with Crippen molar-refractivity contribution in [2.24, 2.45) is 0 Å². The number of hydrogen-bond acceptors (Lipinski definition) is 4. The maximum atomic E-state index is 12.9. The number of rotatable bonds is 5. The molecule has 20 heavy (non-hydrogen) atoms. The van der Waals surface area contributed by atoms with Crippen LogP contribution in [0.4, 0.5) is 4.39 Å². The zero-order valence-corrected chi connectivity index (χ0v) is 11.0. The van der Waals surface area contributed by atoms with Gasteiger partial charge in [-0.25, -0.2) is 9.07 Å². The van der Waals surface area contributed by atoms with Crippen molar-refractivity contribution < 1.29 is 14.3 Å². The topological polar surface area (TPSA) is 80.0 Å². The third-order valence-corrected chi connectivity index (χ3v) is 2.80. The highest BCUT2D eigenvalue weighted by Crippen LogP contribution is 2.12. The average Bonchev–Trinajstić information content (AvgIpc) is 2.82. The molecule has 0 aliphatic carbocycles. The molecule has 0 bridgehead atoms. The lowest BCUT2D eigenvalue weighted by Crippen LogP contribution is -2.26. The molecule has 0 atom stereocenters. The molecule has 0 fully saturated rings.